The molecule has 0 unspecified atom stereocenters. The molecule has 0 spiro atoms. The molecule has 0 fully saturated rings. The minimum Gasteiger partial charge on any atom is -0.492 e. The molecule has 5 heteroatoms. The second kappa shape index (κ2) is 8.36. The number of amides is 1. The largest absolute Gasteiger partial charge is 0.492 e. The molecule has 138 valence electrons. The first-order chi connectivity index (χ1) is 13.0. The topological polar surface area (TPSA) is 63.2 Å². The van der Waals surface area contributed by atoms with E-state index in [4.69, 9.17) is 4.74 Å². The van der Waals surface area contributed by atoms with E-state index in [1.165, 1.54) is 0 Å². The monoisotopic (exact) mass is 361 g/mol. The molecule has 0 radical (unpaired) electrons. The number of carbonyl (C=O) groups is 1. The fraction of sp³-hybridized carbons (Fsp3) is 0.182. The van der Waals surface area contributed by atoms with Crippen LogP contribution < -0.4 is 15.4 Å². The number of ether oxygens (including phenoxy) is 1. The van der Waals surface area contributed by atoms with E-state index in [1.807, 2.05) is 63.2 Å². The number of aromatic nitrogens is 1. The predicted molar refractivity (Wildman–Crippen MR) is 109 cm³/mol. The lowest BCUT2D eigenvalue weighted by atomic mass is 10.1. The van der Waals surface area contributed by atoms with E-state index in [1.54, 1.807) is 12.3 Å². The number of nitrogens with one attached hydrogen (secondary N) is 2. The van der Waals surface area contributed by atoms with Gasteiger partial charge in [0.2, 0.25) is 0 Å². The molecule has 0 aliphatic heterocycles. The summed E-state index contributed by atoms with van der Waals surface area (Å²) >= 11 is 0. The van der Waals surface area contributed by atoms with Crippen molar-refractivity contribution in [2.45, 2.75) is 20.8 Å². The van der Waals surface area contributed by atoms with Crippen LogP contribution in [0.3, 0.4) is 0 Å². The van der Waals surface area contributed by atoms with Gasteiger partial charge in [0.1, 0.15) is 11.4 Å². The third-order valence-electron chi connectivity index (χ3n) is 3.94. The number of rotatable bonds is 6. The summed E-state index contributed by atoms with van der Waals surface area (Å²) in [5.41, 5.74) is 4.91. The van der Waals surface area contributed by atoms with Gasteiger partial charge < -0.3 is 15.4 Å². The third-order valence-corrected chi connectivity index (χ3v) is 3.94. The number of nitrogens with zero attached hydrogens (tertiary/aromatic N) is 1. The smallest absolute Gasteiger partial charge is 0.274 e. The van der Waals surface area contributed by atoms with Crippen LogP contribution in [0, 0.1) is 13.8 Å². The van der Waals surface area contributed by atoms with Crippen molar-refractivity contribution in [3.63, 3.8) is 0 Å². The Morgan fingerprint density at radius 3 is 2.48 bits per heavy atom. The summed E-state index contributed by atoms with van der Waals surface area (Å²) < 4.78 is 5.63. The van der Waals surface area contributed by atoms with Gasteiger partial charge in [-0.1, -0.05) is 18.2 Å². The van der Waals surface area contributed by atoms with Crippen molar-refractivity contribution in [1.82, 2.24) is 4.98 Å². The Labute approximate surface area is 159 Å². The number of hydrogen-bond acceptors (Lipinski definition) is 4. The first-order valence-electron chi connectivity index (χ1n) is 8.89. The molecule has 2 N–H and O–H groups in total. The van der Waals surface area contributed by atoms with E-state index in [0.29, 0.717) is 12.3 Å². The lowest BCUT2D eigenvalue weighted by Crippen LogP contribution is -2.14. The summed E-state index contributed by atoms with van der Waals surface area (Å²) in [5.74, 6) is 0.514. The van der Waals surface area contributed by atoms with Crippen LogP contribution in [0.15, 0.2) is 60.8 Å². The van der Waals surface area contributed by atoms with Gasteiger partial charge >= 0.3 is 0 Å². The quantitative estimate of drug-likeness (QED) is 0.642. The molecule has 0 aliphatic carbocycles. The number of para-hydroxylation sites is 2. The Morgan fingerprint density at radius 1 is 1.00 bits per heavy atom. The highest BCUT2D eigenvalue weighted by atomic mass is 16.5. The number of benzene rings is 2. The maximum Gasteiger partial charge on any atom is 0.274 e. The minimum atomic E-state index is -0.248. The first kappa shape index (κ1) is 18.5. The van der Waals surface area contributed by atoms with E-state index in [0.717, 1.165) is 33.9 Å². The number of aryl methyl sites for hydroxylation is 2. The maximum atomic E-state index is 12.6. The van der Waals surface area contributed by atoms with E-state index >= 15 is 0 Å². The summed E-state index contributed by atoms with van der Waals surface area (Å²) in [6.45, 7) is 6.53. The van der Waals surface area contributed by atoms with Gasteiger partial charge in [-0.2, -0.15) is 0 Å². The van der Waals surface area contributed by atoms with E-state index < -0.39 is 0 Å². The molecule has 1 heterocycles. The number of anilines is 3. The summed E-state index contributed by atoms with van der Waals surface area (Å²) in [5, 5.41) is 6.20. The van der Waals surface area contributed by atoms with Crippen LogP contribution in [-0.4, -0.2) is 17.5 Å². The van der Waals surface area contributed by atoms with Crippen LogP contribution in [0.1, 0.15) is 28.5 Å². The molecule has 3 aromatic rings. The molecule has 1 amide bonds. The average molecular weight is 361 g/mol. The maximum absolute atomic E-state index is 12.6. The van der Waals surface area contributed by atoms with Gasteiger partial charge in [0.25, 0.3) is 5.91 Å². The van der Waals surface area contributed by atoms with Crippen LogP contribution in [-0.2, 0) is 0 Å². The standard InChI is InChI=1S/C22H23N3O2/c1-4-27-21-8-6-5-7-19(21)24-17-9-10-23-20(14-17)22(26)25-18-12-15(2)11-16(3)13-18/h5-14H,4H2,1-3H3,(H,23,24)(H,25,26). The molecular weight excluding hydrogens is 338 g/mol. The molecule has 5 nitrogen and oxygen atoms in total. The van der Waals surface area contributed by atoms with E-state index in [-0.39, 0.29) is 5.91 Å². The predicted octanol–water partition coefficient (Wildman–Crippen LogP) is 5.09. The Hall–Kier alpha value is -3.34. The zero-order valence-electron chi connectivity index (χ0n) is 15.7. The Balaban J connectivity index is 1.78. The molecular formula is C22H23N3O2. The van der Waals surface area contributed by atoms with Gasteiger partial charge in [0.15, 0.2) is 0 Å². The molecule has 0 saturated carbocycles. The third kappa shape index (κ3) is 4.85. The van der Waals surface area contributed by atoms with Crippen molar-refractivity contribution >= 4 is 23.0 Å². The second-order valence-electron chi connectivity index (χ2n) is 6.31. The lowest BCUT2D eigenvalue weighted by molar-refractivity contribution is 0.102. The van der Waals surface area contributed by atoms with Gasteiger partial charge in [-0.05, 0) is 68.3 Å². The van der Waals surface area contributed by atoms with Crippen LogP contribution in [0.25, 0.3) is 0 Å². The van der Waals surface area contributed by atoms with E-state index in [9.17, 15) is 4.79 Å². The first-order valence-corrected chi connectivity index (χ1v) is 8.89. The molecule has 0 saturated heterocycles. The molecule has 27 heavy (non-hydrogen) atoms. The van der Waals surface area contributed by atoms with Gasteiger partial charge in [-0.3, -0.25) is 9.78 Å². The van der Waals surface area contributed by atoms with Crippen molar-refractivity contribution < 1.29 is 9.53 Å². The fourth-order valence-electron chi connectivity index (χ4n) is 2.88. The lowest BCUT2D eigenvalue weighted by Gasteiger charge is -2.13. The van der Waals surface area contributed by atoms with Crippen molar-refractivity contribution in [1.29, 1.82) is 0 Å². The fourth-order valence-corrected chi connectivity index (χ4v) is 2.88. The average Bonchev–Trinajstić information content (AvgIpc) is 2.63. The van der Waals surface area contributed by atoms with Crippen LogP contribution in [0.5, 0.6) is 5.75 Å². The van der Waals surface area contributed by atoms with Crippen LogP contribution in [0.2, 0.25) is 0 Å². The molecule has 3 rings (SSSR count). The van der Waals surface area contributed by atoms with Gasteiger partial charge in [-0.15, -0.1) is 0 Å². The number of pyridine rings is 1. The summed E-state index contributed by atoms with van der Waals surface area (Å²) in [7, 11) is 0. The number of hydrogen-bond donors (Lipinski definition) is 2. The highest BCUT2D eigenvalue weighted by Crippen LogP contribution is 2.27. The van der Waals surface area contributed by atoms with Crippen molar-refractivity contribution in [3.05, 3.63) is 77.6 Å². The Bertz CT molecular complexity index is 934. The van der Waals surface area contributed by atoms with Crippen molar-refractivity contribution in [2.75, 3.05) is 17.2 Å². The molecule has 0 atom stereocenters. The van der Waals surface area contributed by atoms with Gasteiger partial charge in [0, 0.05) is 17.6 Å². The highest BCUT2D eigenvalue weighted by molar-refractivity contribution is 6.03. The Kier molecular flexibility index (Phi) is 5.71. The summed E-state index contributed by atoms with van der Waals surface area (Å²) in [4.78, 5) is 16.8. The van der Waals surface area contributed by atoms with Crippen molar-refractivity contribution in [2.24, 2.45) is 0 Å². The zero-order valence-corrected chi connectivity index (χ0v) is 15.7. The molecule has 2 aromatic carbocycles. The van der Waals surface area contributed by atoms with Crippen molar-refractivity contribution in [3.8, 4) is 5.75 Å². The second-order valence-corrected chi connectivity index (χ2v) is 6.31. The SMILES string of the molecule is CCOc1ccccc1Nc1ccnc(C(=O)Nc2cc(C)cc(C)c2)c1. The van der Waals surface area contributed by atoms with Gasteiger partial charge in [0.05, 0.1) is 12.3 Å². The summed E-state index contributed by atoms with van der Waals surface area (Å²) in [6.07, 6.45) is 1.61. The molecule has 1 aromatic heterocycles. The van der Waals surface area contributed by atoms with Crippen LogP contribution >= 0.6 is 0 Å². The van der Waals surface area contributed by atoms with Crippen LogP contribution in [0.4, 0.5) is 17.1 Å². The Morgan fingerprint density at radius 2 is 1.74 bits per heavy atom. The minimum absolute atomic E-state index is 0.248. The summed E-state index contributed by atoms with van der Waals surface area (Å²) in [6, 6.07) is 17.2. The highest BCUT2D eigenvalue weighted by Gasteiger charge is 2.10. The molecule has 0 aliphatic rings. The zero-order chi connectivity index (χ0) is 19.2. The van der Waals surface area contributed by atoms with E-state index in [2.05, 4.69) is 21.7 Å². The number of carbonyl (C=O) groups excluding carboxylic acids is 1. The van der Waals surface area contributed by atoms with Gasteiger partial charge in [-0.25, -0.2) is 0 Å². The normalized spacial score (nSPS) is 10.3. The molecule has 0 bridgehead atoms.